The number of aliphatic hydroxyl groups is 1. The van der Waals surface area contributed by atoms with Gasteiger partial charge in [-0.3, -0.25) is 4.79 Å². The Bertz CT molecular complexity index is 1390. The lowest BCUT2D eigenvalue weighted by molar-refractivity contribution is -0.271. The van der Waals surface area contributed by atoms with Crippen LogP contribution in [-0.2, 0) is 12.0 Å². The molecular weight excluding hydrogens is 475 g/mol. The number of hydrogen-bond donors (Lipinski definition) is 1. The molecule has 0 aliphatic heterocycles. The molecule has 35 heavy (non-hydrogen) atoms. The zero-order valence-corrected chi connectivity index (χ0v) is 20.4. The van der Waals surface area contributed by atoms with E-state index in [1.807, 2.05) is 42.5 Å². The number of fused-ring (bicyclic) bond motifs is 1. The number of aromatic nitrogens is 1. The van der Waals surface area contributed by atoms with Gasteiger partial charge in [-0.1, -0.05) is 50.2 Å². The van der Waals surface area contributed by atoms with Crippen molar-refractivity contribution in [1.29, 1.82) is 0 Å². The van der Waals surface area contributed by atoms with Gasteiger partial charge in [-0.2, -0.15) is 13.2 Å². The van der Waals surface area contributed by atoms with Gasteiger partial charge in [0, 0.05) is 17.8 Å². The minimum Gasteiger partial charge on any atom is -0.496 e. The highest BCUT2D eigenvalue weighted by molar-refractivity contribution is 7.17. The molecule has 1 N–H and O–H groups in total. The zero-order chi connectivity index (χ0) is 25.4. The summed E-state index contributed by atoms with van der Waals surface area (Å²) in [5.74, 6) is 0.447. The maximum absolute atomic E-state index is 14.4. The average molecular weight is 502 g/mol. The molecule has 4 aromatic rings. The van der Waals surface area contributed by atoms with E-state index >= 15 is 0 Å². The summed E-state index contributed by atoms with van der Waals surface area (Å²) in [6.45, 7) is 2.60. The van der Waals surface area contributed by atoms with Crippen LogP contribution >= 0.6 is 11.3 Å². The number of nitrogens with zero attached hydrogens (tertiary/aromatic N) is 1. The Morgan fingerprint density at radius 2 is 1.71 bits per heavy atom. The quantitative estimate of drug-likeness (QED) is 0.319. The first-order chi connectivity index (χ1) is 16.4. The van der Waals surface area contributed by atoms with Crippen molar-refractivity contribution in [2.45, 2.75) is 44.0 Å². The Morgan fingerprint density at radius 3 is 2.37 bits per heavy atom. The predicted octanol–water partition coefficient (Wildman–Crippen LogP) is 6.40. The molecule has 184 valence electrons. The Kier molecular flexibility index (Phi) is 6.55. The fourth-order valence-corrected chi connectivity index (χ4v) is 5.39. The fraction of sp³-hybridized carbons (Fsp3) is 0.296. The number of thiophene rings is 1. The van der Waals surface area contributed by atoms with Gasteiger partial charge in [-0.15, -0.1) is 11.3 Å². The molecule has 0 saturated heterocycles. The molecule has 0 radical (unpaired) electrons. The van der Waals surface area contributed by atoms with Gasteiger partial charge in [0.25, 0.3) is 0 Å². The van der Waals surface area contributed by atoms with Crippen molar-refractivity contribution in [3.8, 4) is 16.9 Å². The summed E-state index contributed by atoms with van der Waals surface area (Å²) in [5, 5.41) is 12.8. The lowest BCUT2D eigenvalue weighted by Crippen LogP contribution is -2.52. The van der Waals surface area contributed by atoms with Gasteiger partial charge < -0.3 is 14.4 Å². The third-order valence-corrected chi connectivity index (χ3v) is 7.23. The number of methoxy groups -OCH3 is 1. The number of alkyl halides is 3. The van der Waals surface area contributed by atoms with Gasteiger partial charge in [-0.05, 0) is 46.5 Å². The molecule has 0 fully saturated rings. The summed E-state index contributed by atoms with van der Waals surface area (Å²) in [5.41, 5.74) is -1.75. The fourth-order valence-electron chi connectivity index (χ4n) is 4.57. The van der Waals surface area contributed by atoms with Crippen molar-refractivity contribution in [2.24, 2.45) is 0 Å². The van der Waals surface area contributed by atoms with Crippen LogP contribution in [0.15, 0.2) is 77.0 Å². The first-order valence-corrected chi connectivity index (χ1v) is 11.9. The van der Waals surface area contributed by atoms with E-state index in [0.29, 0.717) is 21.5 Å². The van der Waals surface area contributed by atoms with Crippen LogP contribution in [0.25, 0.3) is 21.3 Å². The van der Waals surface area contributed by atoms with Crippen LogP contribution < -0.4 is 10.2 Å². The van der Waals surface area contributed by atoms with Crippen molar-refractivity contribution >= 4 is 21.6 Å². The SMILES string of the molecule is COc1ccc(-c2ccccc2)cc1C(C)(C)CC(O)(Cn1ccc(=O)c2sccc21)C(F)(F)F. The maximum Gasteiger partial charge on any atom is 0.418 e. The van der Waals surface area contributed by atoms with Crippen LogP contribution in [0.3, 0.4) is 0 Å². The topological polar surface area (TPSA) is 51.5 Å². The molecule has 4 nitrogen and oxygen atoms in total. The Balaban J connectivity index is 1.76. The number of hydrogen-bond acceptors (Lipinski definition) is 4. The molecule has 2 heterocycles. The zero-order valence-electron chi connectivity index (χ0n) is 19.6. The van der Waals surface area contributed by atoms with E-state index in [0.717, 1.165) is 22.5 Å². The second-order valence-electron chi connectivity index (χ2n) is 9.31. The third kappa shape index (κ3) is 4.86. The largest absolute Gasteiger partial charge is 0.496 e. The van der Waals surface area contributed by atoms with Crippen molar-refractivity contribution in [2.75, 3.05) is 7.11 Å². The number of rotatable bonds is 7. The van der Waals surface area contributed by atoms with Gasteiger partial charge in [0.2, 0.25) is 0 Å². The number of ether oxygens (including phenoxy) is 1. The Morgan fingerprint density at radius 1 is 1.00 bits per heavy atom. The Labute approximate surface area is 205 Å². The van der Waals surface area contributed by atoms with Crippen LogP contribution in [0.2, 0.25) is 0 Å². The minimum atomic E-state index is -4.92. The summed E-state index contributed by atoms with van der Waals surface area (Å²) in [6, 6.07) is 17.8. The third-order valence-electron chi connectivity index (χ3n) is 6.31. The molecule has 0 aliphatic carbocycles. The molecule has 1 atom stereocenters. The smallest absolute Gasteiger partial charge is 0.418 e. The highest BCUT2D eigenvalue weighted by atomic mass is 32.1. The first-order valence-electron chi connectivity index (χ1n) is 11.0. The van der Waals surface area contributed by atoms with E-state index in [4.69, 9.17) is 4.74 Å². The highest BCUT2D eigenvalue weighted by Crippen LogP contribution is 2.45. The Hall–Kier alpha value is -3.10. The van der Waals surface area contributed by atoms with Crippen LogP contribution in [0.1, 0.15) is 25.8 Å². The standard InChI is InChI=1S/C27H26F3NO3S/c1-25(2,20-15-19(9-10-23(20)34-3)18-7-5-4-6-8-18)16-26(33,27(28,29)30)17-31-13-11-22(32)24-21(31)12-14-35-24/h4-15,33H,16-17H2,1-3H3. The van der Waals surface area contributed by atoms with Gasteiger partial charge in [0.05, 0.1) is 23.9 Å². The molecular formula is C27H26F3NO3S. The van der Waals surface area contributed by atoms with Crippen molar-refractivity contribution < 1.29 is 23.0 Å². The van der Waals surface area contributed by atoms with Crippen molar-refractivity contribution in [3.63, 3.8) is 0 Å². The van der Waals surface area contributed by atoms with Crippen LogP contribution in [0.5, 0.6) is 5.75 Å². The maximum atomic E-state index is 14.4. The lowest BCUT2D eigenvalue weighted by atomic mass is 9.73. The van der Waals surface area contributed by atoms with Gasteiger partial charge in [-0.25, -0.2) is 0 Å². The molecule has 0 amide bonds. The minimum absolute atomic E-state index is 0.260. The van der Waals surface area contributed by atoms with E-state index in [9.17, 15) is 23.1 Å². The molecule has 2 aromatic heterocycles. The summed E-state index contributed by atoms with van der Waals surface area (Å²) in [6.07, 6.45) is -4.23. The number of halogens is 3. The summed E-state index contributed by atoms with van der Waals surface area (Å²) in [7, 11) is 1.47. The van der Waals surface area contributed by atoms with Crippen molar-refractivity contribution in [3.05, 3.63) is 88.0 Å². The van der Waals surface area contributed by atoms with Crippen LogP contribution in [0.4, 0.5) is 13.2 Å². The molecule has 8 heteroatoms. The second-order valence-corrected chi connectivity index (χ2v) is 10.2. The van der Waals surface area contributed by atoms with E-state index < -0.39 is 30.2 Å². The van der Waals surface area contributed by atoms with Gasteiger partial charge in [0.15, 0.2) is 11.0 Å². The first kappa shape index (κ1) is 25.0. The predicted molar refractivity (Wildman–Crippen MR) is 133 cm³/mol. The molecule has 2 aromatic carbocycles. The van der Waals surface area contributed by atoms with E-state index in [1.165, 1.54) is 23.9 Å². The monoisotopic (exact) mass is 501 g/mol. The molecule has 0 saturated carbocycles. The second kappa shape index (κ2) is 9.17. The molecule has 0 aliphatic rings. The van der Waals surface area contributed by atoms with E-state index in [-0.39, 0.29) is 5.43 Å². The molecule has 1 unspecified atom stereocenters. The number of benzene rings is 2. The molecule has 0 spiro atoms. The van der Waals surface area contributed by atoms with Crippen LogP contribution in [0, 0.1) is 0 Å². The van der Waals surface area contributed by atoms with Gasteiger partial charge in [0.1, 0.15) is 5.75 Å². The van der Waals surface area contributed by atoms with Crippen molar-refractivity contribution in [1.82, 2.24) is 4.57 Å². The molecule has 0 bridgehead atoms. The van der Waals surface area contributed by atoms with Crippen LogP contribution in [-0.4, -0.2) is 28.6 Å². The van der Waals surface area contributed by atoms with Gasteiger partial charge >= 0.3 is 6.18 Å². The molecule has 4 rings (SSSR count). The lowest BCUT2D eigenvalue weighted by Gasteiger charge is -2.39. The highest BCUT2D eigenvalue weighted by Gasteiger charge is 2.56. The normalized spacial score (nSPS) is 14.1. The summed E-state index contributed by atoms with van der Waals surface area (Å²) in [4.78, 5) is 12.1. The average Bonchev–Trinajstić information content (AvgIpc) is 3.31. The number of pyridine rings is 1. The van der Waals surface area contributed by atoms with E-state index in [2.05, 4.69) is 0 Å². The van der Waals surface area contributed by atoms with E-state index in [1.54, 1.807) is 31.4 Å². The summed E-state index contributed by atoms with van der Waals surface area (Å²) >= 11 is 1.16. The summed E-state index contributed by atoms with van der Waals surface area (Å²) < 4.78 is 50.4.